The SMILES string of the molecule is OCCCCCCCCCCCC(Sc1ccccc1)C1=CCCCC1. The smallest absolute Gasteiger partial charge is 0.0431 e. The van der Waals surface area contributed by atoms with E-state index in [1.54, 1.807) is 5.57 Å². The highest BCUT2D eigenvalue weighted by molar-refractivity contribution is 8.00. The second-order valence-electron chi connectivity index (χ2n) is 7.64. The van der Waals surface area contributed by atoms with Crippen LogP contribution in [0, 0.1) is 0 Å². The molecule has 1 N–H and O–H groups in total. The number of allylic oxidation sites excluding steroid dienone is 1. The van der Waals surface area contributed by atoms with Gasteiger partial charge in [0.2, 0.25) is 0 Å². The van der Waals surface area contributed by atoms with E-state index in [-0.39, 0.29) is 0 Å². The predicted octanol–water partition coefficient (Wildman–Crippen LogP) is 7.54. The van der Waals surface area contributed by atoms with Crippen LogP contribution in [0.1, 0.15) is 89.9 Å². The molecule has 0 aliphatic heterocycles. The van der Waals surface area contributed by atoms with Crippen molar-refractivity contribution in [3.63, 3.8) is 0 Å². The van der Waals surface area contributed by atoms with Gasteiger partial charge in [0.05, 0.1) is 0 Å². The maximum atomic E-state index is 8.79. The number of aliphatic hydroxyl groups is 1. The Morgan fingerprint density at radius 1 is 0.808 bits per heavy atom. The zero-order chi connectivity index (χ0) is 18.3. The first-order valence-corrected chi connectivity index (χ1v) is 11.8. The molecule has 0 aromatic heterocycles. The van der Waals surface area contributed by atoms with Crippen LogP contribution in [-0.4, -0.2) is 17.0 Å². The number of hydrogen-bond acceptors (Lipinski definition) is 2. The first kappa shape index (κ1) is 21.6. The van der Waals surface area contributed by atoms with Crippen LogP contribution in [0.25, 0.3) is 0 Å². The Morgan fingerprint density at radius 2 is 1.46 bits per heavy atom. The van der Waals surface area contributed by atoms with E-state index in [1.807, 2.05) is 0 Å². The number of hydrogen-bond donors (Lipinski definition) is 1. The van der Waals surface area contributed by atoms with Gasteiger partial charge in [-0.3, -0.25) is 0 Å². The second kappa shape index (κ2) is 14.3. The molecule has 0 saturated heterocycles. The molecule has 1 aliphatic carbocycles. The molecular formula is C24H38OS. The highest BCUT2D eigenvalue weighted by atomic mass is 32.2. The molecule has 0 bridgehead atoms. The van der Waals surface area contributed by atoms with E-state index in [0.717, 1.165) is 6.42 Å². The summed E-state index contributed by atoms with van der Waals surface area (Å²) in [7, 11) is 0. The van der Waals surface area contributed by atoms with Crippen molar-refractivity contribution in [1.29, 1.82) is 0 Å². The largest absolute Gasteiger partial charge is 0.396 e. The summed E-state index contributed by atoms with van der Waals surface area (Å²) in [6, 6.07) is 11.0. The van der Waals surface area contributed by atoms with Crippen molar-refractivity contribution in [2.45, 2.75) is 100 Å². The summed E-state index contributed by atoms with van der Waals surface area (Å²) in [4.78, 5) is 1.42. The van der Waals surface area contributed by atoms with Crippen molar-refractivity contribution in [1.82, 2.24) is 0 Å². The third kappa shape index (κ3) is 9.28. The van der Waals surface area contributed by atoms with Gasteiger partial charge in [0.15, 0.2) is 0 Å². The molecule has 0 saturated carbocycles. The molecule has 1 atom stereocenters. The van der Waals surface area contributed by atoms with E-state index >= 15 is 0 Å². The van der Waals surface area contributed by atoms with Gasteiger partial charge in [-0.1, -0.05) is 81.2 Å². The lowest BCUT2D eigenvalue weighted by Crippen LogP contribution is -2.09. The van der Waals surface area contributed by atoms with Crippen molar-refractivity contribution in [2.75, 3.05) is 6.61 Å². The topological polar surface area (TPSA) is 20.2 Å². The third-order valence-electron chi connectivity index (χ3n) is 5.39. The van der Waals surface area contributed by atoms with Crippen molar-refractivity contribution < 1.29 is 5.11 Å². The van der Waals surface area contributed by atoms with E-state index in [1.165, 1.54) is 88.4 Å². The van der Waals surface area contributed by atoms with Crippen LogP contribution in [0.2, 0.25) is 0 Å². The van der Waals surface area contributed by atoms with Crippen molar-refractivity contribution in [3.05, 3.63) is 42.0 Å². The molecule has 1 unspecified atom stereocenters. The highest BCUT2D eigenvalue weighted by Crippen LogP contribution is 2.35. The van der Waals surface area contributed by atoms with Gasteiger partial charge in [-0.05, 0) is 50.7 Å². The average Bonchev–Trinajstić information content (AvgIpc) is 2.70. The monoisotopic (exact) mass is 374 g/mol. The van der Waals surface area contributed by atoms with Gasteiger partial charge < -0.3 is 5.11 Å². The normalized spacial score (nSPS) is 15.7. The van der Waals surface area contributed by atoms with Crippen molar-refractivity contribution in [3.8, 4) is 0 Å². The molecule has 1 aromatic rings. The van der Waals surface area contributed by atoms with Gasteiger partial charge in [-0.15, -0.1) is 11.8 Å². The van der Waals surface area contributed by atoms with E-state index < -0.39 is 0 Å². The zero-order valence-electron chi connectivity index (χ0n) is 16.5. The maximum absolute atomic E-state index is 8.79. The Balaban J connectivity index is 1.64. The lowest BCUT2D eigenvalue weighted by atomic mass is 9.94. The number of benzene rings is 1. The summed E-state index contributed by atoms with van der Waals surface area (Å²) in [5.74, 6) is 0. The number of unbranched alkanes of at least 4 members (excludes halogenated alkanes) is 8. The highest BCUT2D eigenvalue weighted by Gasteiger charge is 2.17. The molecule has 1 aliphatic rings. The molecule has 146 valence electrons. The Morgan fingerprint density at radius 3 is 2.08 bits per heavy atom. The maximum Gasteiger partial charge on any atom is 0.0431 e. The van der Waals surface area contributed by atoms with Gasteiger partial charge in [0, 0.05) is 16.8 Å². The summed E-state index contributed by atoms with van der Waals surface area (Å²) in [5, 5.41) is 9.48. The fraction of sp³-hybridized carbons (Fsp3) is 0.667. The standard InChI is InChI=1S/C24H38OS/c25-21-15-7-5-3-1-2-4-6-14-20-24(22-16-10-8-11-17-22)26-23-18-12-9-13-19-23/h9,12-13,16,18-19,24-25H,1-8,10-11,14-15,17,20-21H2. The lowest BCUT2D eigenvalue weighted by Gasteiger charge is -2.23. The van der Waals surface area contributed by atoms with Crippen LogP contribution >= 0.6 is 11.8 Å². The van der Waals surface area contributed by atoms with Gasteiger partial charge in [0.25, 0.3) is 0 Å². The van der Waals surface area contributed by atoms with E-state index in [4.69, 9.17) is 5.11 Å². The molecule has 2 rings (SSSR count). The minimum absolute atomic E-state index is 0.360. The van der Waals surface area contributed by atoms with E-state index in [0.29, 0.717) is 11.9 Å². The van der Waals surface area contributed by atoms with Gasteiger partial charge >= 0.3 is 0 Å². The van der Waals surface area contributed by atoms with Gasteiger partial charge in [0.1, 0.15) is 0 Å². The van der Waals surface area contributed by atoms with Crippen molar-refractivity contribution >= 4 is 11.8 Å². The van der Waals surface area contributed by atoms with Crippen LogP contribution in [0.15, 0.2) is 46.9 Å². The summed E-state index contributed by atoms with van der Waals surface area (Å²) in [5.41, 5.74) is 1.72. The van der Waals surface area contributed by atoms with Gasteiger partial charge in [-0.25, -0.2) is 0 Å². The molecule has 1 nitrogen and oxygen atoms in total. The summed E-state index contributed by atoms with van der Waals surface area (Å²) < 4.78 is 0. The zero-order valence-corrected chi connectivity index (χ0v) is 17.3. The molecule has 2 heteroatoms. The molecule has 0 spiro atoms. The molecular weight excluding hydrogens is 336 g/mol. The Hall–Kier alpha value is -0.730. The molecule has 0 fully saturated rings. The first-order chi connectivity index (χ1) is 12.9. The van der Waals surface area contributed by atoms with E-state index in [2.05, 4.69) is 48.2 Å². The van der Waals surface area contributed by atoms with Crippen LogP contribution < -0.4 is 0 Å². The average molecular weight is 375 g/mol. The van der Waals surface area contributed by atoms with Crippen LogP contribution in [0.5, 0.6) is 0 Å². The first-order valence-electron chi connectivity index (χ1n) is 10.9. The minimum Gasteiger partial charge on any atom is -0.396 e. The molecule has 0 heterocycles. The van der Waals surface area contributed by atoms with Gasteiger partial charge in [-0.2, -0.15) is 0 Å². The Labute approximate surface area is 165 Å². The number of rotatable bonds is 14. The number of aliphatic hydroxyl groups excluding tert-OH is 1. The fourth-order valence-electron chi connectivity index (χ4n) is 3.82. The van der Waals surface area contributed by atoms with Crippen LogP contribution in [0.3, 0.4) is 0 Å². The van der Waals surface area contributed by atoms with Crippen LogP contribution in [-0.2, 0) is 0 Å². The second-order valence-corrected chi connectivity index (χ2v) is 8.91. The third-order valence-corrected chi connectivity index (χ3v) is 6.75. The quantitative estimate of drug-likeness (QED) is 0.206. The molecule has 1 aromatic carbocycles. The Kier molecular flexibility index (Phi) is 11.9. The molecule has 26 heavy (non-hydrogen) atoms. The fourth-order valence-corrected chi connectivity index (χ4v) is 5.11. The molecule has 0 amide bonds. The van der Waals surface area contributed by atoms with E-state index in [9.17, 15) is 0 Å². The summed E-state index contributed by atoms with van der Waals surface area (Å²) in [6.07, 6.45) is 21.0. The minimum atomic E-state index is 0.360. The van der Waals surface area contributed by atoms with Crippen LogP contribution in [0.4, 0.5) is 0 Å². The summed E-state index contributed by atoms with van der Waals surface area (Å²) in [6.45, 7) is 0.360. The number of thioether (sulfide) groups is 1. The van der Waals surface area contributed by atoms with Crippen molar-refractivity contribution in [2.24, 2.45) is 0 Å². The lowest BCUT2D eigenvalue weighted by molar-refractivity contribution is 0.282. The molecule has 0 radical (unpaired) electrons. The predicted molar refractivity (Wildman–Crippen MR) is 116 cm³/mol. The summed E-state index contributed by atoms with van der Waals surface area (Å²) >= 11 is 2.09. The Bertz CT molecular complexity index is 482.